The molecule has 0 saturated carbocycles. The fourth-order valence-electron chi connectivity index (χ4n) is 1.27. The first-order valence-corrected chi connectivity index (χ1v) is 7.69. The van der Waals surface area contributed by atoms with E-state index in [2.05, 4.69) is 4.72 Å². The number of rotatable bonds is 5. The predicted molar refractivity (Wildman–Crippen MR) is 75.1 cm³/mol. The summed E-state index contributed by atoms with van der Waals surface area (Å²) >= 11 is 5.60. The number of hydrogen-bond donors (Lipinski definition) is 2. The van der Waals surface area contributed by atoms with Gasteiger partial charge in [0, 0.05) is 12.2 Å². The van der Waals surface area contributed by atoms with Crippen LogP contribution in [0.3, 0.4) is 0 Å². The van der Waals surface area contributed by atoms with E-state index in [0.717, 1.165) is 12.5 Å². The summed E-state index contributed by atoms with van der Waals surface area (Å²) in [5, 5.41) is -0.310. The summed E-state index contributed by atoms with van der Waals surface area (Å²) in [6.45, 7) is 5.99. The number of benzene rings is 1. The summed E-state index contributed by atoms with van der Waals surface area (Å²) in [6.07, 6.45) is 0.787. The quantitative estimate of drug-likeness (QED) is 0.822. The molecule has 4 nitrogen and oxygen atoms in total. The number of hydrogen-bond acceptors (Lipinski definition) is 3. The largest absolute Gasteiger partial charge is 0.399 e. The van der Waals surface area contributed by atoms with Gasteiger partial charge in [0.15, 0.2) is 5.82 Å². The average molecular weight is 309 g/mol. The highest BCUT2D eigenvalue weighted by molar-refractivity contribution is 7.89. The van der Waals surface area contributed by atoms with Crippen LogP contribution in [0.2, 0.25) is 5.02 Å². The normalized spacial score (nSPS) is 12.7. The van der Waals surface area contributed by atoms with E-state index in [1.54, 1.807) is 0 Å². The van der Waals surface area contributed by atoms with Gasteiger partial charge in [0.05, 0.1) is 5.02 Å². The maximum Gasteiger partial charge on any atom is 0.243 e. The molecule has 0 unspecified atom stereocenters. The molecular formula is C12H18ClFN2O2S. The minimum Gasteiger partial charge on any atom is -0.399 e. The van der Waals surface area contributed by atoms with Crippen LogP contribution in [-0.2, 0) is 10.0 Å². The lowest BCUT2D eigenvalue weighted by Crippen LogP contribution is -2.34. The molecule has 0 fully saturated rings. The van der Waals surface area contributed by atoms with E-state index in [0.29, 0.717) is 0 Å². The van der Waals surface area contributed by atoms with E-state index in [4.69, 9.17) is 17.3 Å². The smallest absolute Gasteiger partial charge is 0.243 e. The fourth-order valence-corrected chi connectivity index (χ4v) is 2.93. The van der Waals surface area contributed by atoms with Crippen LogP contribution in [0.25, 0.3) is 0 Å². The third kappa shape index (κ3) is 4.06. The summed E-state index contributed by atoms with van der Waals surface area (Å²) in [7, 11) is -3.97. The van der Waals surface area contributed by atoms with Crippen molar-refractivity contribution in [3.05, 3.63) is 23.0 Å². The van der Waals surface area contributed by atoms with E-state index in [9.17, 15) is 12.8 Å². The molecule has 0 bridgehead atoms. The molecule has 0 aliphatic rings. The van der Waals surface area contributed by atoms with Crippen LogP contribution < -0.4 is 10.5 Å². The van der Waals surface area contributed by atoms with Gasteiger partial charge in [-0.2, -0.15) is 0 Å². The Balaban J connectivity index is 3.08. The molecule has 0 aliphatic carbocycles. The molecule has 0 amide bonds. The molecule has 0 aliphatic heterocycles. The van der Waals surface area contributed by atoms with Crippen LogP contribution in [0.5, 0.6) is 0 Å². The maximum absolute atomic E-state index is 13.8. The molecule has 0 saturated heterocycles. The molecule has 3 N–H and O–H groups in total. The Bertz CT molecular complexity index is 573. The van der Waals surface area contributed by atoms with Crippen LogP contribution >= 0.6 is 11.6 Å². The van der Waals surface area contributed by atoms with Crippen LogP contribution in [0.4, 0.5) is 10.1 Å². The molecule has 0 aromatic heterocycles. The van der Waals surface area contributed by atoms with Crippen molar-refractivity contribution in [3.63, 3.8) is 0 Å². The van der Waals surface area contributed by atoms with Crippen molar-refractivity contribution < 1.29 is 12.8 Å². The Hall–Kier alpha value is -0.850. The standard InChI is InChI=1S/C12H18ClFN2O2S/c1-4-12(2,3)7-16-19(17,18)10-6-8(15)5-9(13)11(10)14/h5-6,16H,4,7,15H2,1-3H3. The van der Waals surface area contributed by atoms with Crippen molar-refractivity contribution in [1.29, 1.82) is 0 Å². The number of anilines is 1. The molecule has 0 atom stereocenters. The molecular weight excluding hydrogens is 291 g/mol. The van der Waals surface area contributed by atoms with Gasteiger partial charge in [-0.25, -0.2) is 17.5 Å². The van der Waals surface area contributed by atoms with Gasteiger partial charge in [-0.15, -0.1) is 0 Å². The Morgan fingerprint density at radius 2 is 2.00 bits per heavy atom. The monoisotopic (exact) mass is 308 g/mol. The molecule has 1 aromatic rings. The molecule has 19 heavy (non-hydrogen) atoms. The van der Waals surface area contributed by atoms with Gasteiger partial charge in [-0.1, -0.05) is 32.4 Å². The van der Waals surface area contributed by atoms with Crippen molar-refractivity contribution in [1.82, 2.24) is 4.72 Å². The van der Waals surface area contributed by atoms with Crippen molar-refractivity contribution in [3.8, 4) is 0 Å². The number of nitrogens with one attached hydrogen (secondary N) is 1. The minimum atomic E-state index is -3.97. The molecule has 1 rings (SSSR count). The average Bonchev–Trinajstić information content (AvgIpc) is 2.31. The highest BCUT2D eigenvalue weighted by atomic mass is 35.5. The van der Waals surface area contributed by atoms with Crippen molar-refractivity contribution >= 4 is 27.3 Å². The Kier molecular flexibility index (Phi) is 4.81. The summed E-state index contributed by atoms with van der Waals surface area (Å²) in [6, 6.07) is 2.23. The number of halogens is 2. The van der Waals surface area contributed by atoms with E-state index in [-0.39, 0.29) is 22.7 Å². The molecule has 0 radical (unpaired) electrons. The number of nitrogen functional groups attached to an aromatic ring is 1. The highest BCUT2D eigenvalue weighted by Gasteiger charge is 2.24. The van der Waals surface area contributed by atoms with Gasteiger partial charge < -0.3 is 5.73 Å². The van der Waals surface area contributed by atoms with Gasteiger partial charge in [-0.05, 0) is 24.0 Å². The molecule has 1 aromatic carbocycles. The van der Waals surface area contributed by atoms with Crippen molar-refractivity contribution in [2.24, 2.45) is 5.41 Å². The van der Waals surface area contributed by atoms with Gasteiger partial charge in [0.25, 0.3) is 0 Å². The lowest BCUT2D eigenvalue weighted by molar-refractivity contribution is 0.350. The van der Waals surface area contributed by atoms with Crippen LogP contribution in [-0.4, -0.2) is 15.0 Å². The number of sulfonamides is 1. The highest BCUT2D eigenvalue weighted by Crippen LogP contribution is 2.26. The van der Waals surface area contributed by atoms with Gasteiger partial charge >= 0.3 is 0 Å². The van der Waals surface area contributed by atoms with Gasteiger partial charge in [0.1, 0.15) is 4.90 Å². The summed E-state index contributed by atoms with van der Waals surface area (Å²) in [5.74, 6) is -0.988. The minimum absolute atomic E-state index is 0.0986. The second-order valence-corrected chi connectivity index (χ2v) is 7.30. The first kappa shape index (κ1) is 16.2. The third-order valence-corrected chi connectivity index (χ3v) is 4.68. The van der Waals surface area contributed by atoms with Gasteiger partial charge in [0.2, 0.25) is 10.0 Å². The third-order valence-electron chi connectivity index (χ3n) is 3.00. The van der Waals surface area contributed by atoms with E-state index in [1.807, 2.05) is 20.8 Å². The fraction of sp³-hybridized carbons (Fsp3) is 0.500. The number of nitrogens with two attached hydrogens (primary N) is 1. The maximum atomic E-state index is 13.8. The molecule has 108 valence electrons. The zero-order chi connectivity index (χ0) is 14.8. The Morgan fingerprint density at radius 3 is 2.53 bits per heavy atom. The predicted octanol–water partition coefficient (Wildman–Crippen LogP) is 2.78. The van der Waals surface area contributed by atoms with Crippen LogP contribution in [0, 0.1) is 11.2 Å². The Morgan fingerprint density at radius 1 is 1.42 bits per heavy atom. The molecule has 0 spiro atoms. The van der Waals surface area contributed by atoms with Crippen LogP contribution in [0.15, 0.2) is 17.0 Å². The van der Waals surface area contributed by atoms with E-state index >= 15 is 0 Å². The van der Waals surface area contributed by atoms with E-state index < -0.39 is 20.7 Å². The second-order valence-electron chi connectivity index (χ2n) is 5.16. The van der Waals surface area contributed by atoms with E-state index in [1.165, 1.54) is 6.07 Å². The summed E-state index contributed by atoms with van der Waals surface area (Å²) in [5.41, 5.74) is 5.37. The van der Waals surface area contributed by atoms with Gasteiger partial charge in [-0.3, -0.25) is 0 Å². The van der Waals surface area contributed by atoms with Crippen LogP contribution in [0.1, 0.15) is 27.2 Å². The Labute approximate surface area is 118 Å². The lowest BCUT2D eigenvalue weighted by Gasteiger charge is -2.23. The zero-order valence-electron chi connectivity index (χ0n) is 11.1. The summed E-state index contributed by atoms with van der Waals surface area (Å²) < 4.78 is 40.3. The lowest BCUT2D eigenvalue weighted by atomic mass is 9.91. The molecule has 7 heteroatoms. The van der Waals surface area contributed by atoms with Crippen molar-refractivity contribution in [2.75, 3.05) is 12.3 Å². The first-order valence-electron chi connectivity index (χ1n) is 5.83. The van der Waals surface area contributed by atoms with Crippen molar-refractivity contribution in [2.45, 2.75) is 32.1 Å². The molecule has 0 heterocycles. The summed E-state index contributed by atoms with van der Waals surface area (Å²) in [4.78, 5) is -0.524. The topological polar surface area (TPSA) is 72.2 Å². The SMILES string of the molecule is CCC(C)(C)CNS(=O)(=O)c1cc(N)cc(Cl)c1F. The first-order chi connectivity index (χ1) is 8.59. The second kappa shape index (κ2) is 5.64. The zero-order valence-corrected chi connectivity index (χ0v) is 12.7.